The fraction of sp³-hybridized carbons (Fsp3) is 0.750. The number of rotatable bonds is 17. The Bertz CT molecular complexity index is 422. The molecule has 0 saturated heterocycles. The van der Waals surface area contributed by atoms with Crippen molar-refractivity contribution in [2.45, 2.75) is 116 Å². The van der Waals surface area contributed by atoms with Crippen LogP contribution in [0.25, 0.3) is 0 Å². The molecule has 1 rings (SSSR count). The maximum atomic E-state index is 9.47. The molecule has 0 unspecified atom stereocenters. The molecule has 26 heavy (non-hydrogen) atoms. The molecule has 1 aromatic carbocycles. The van der Waals surface area contributed by atoms with E-state index in [1.165, 1.54) is 102 Å². The number of phenols is 2. The monoisotopic (exact) mass is 362 g/mol. The maximum Gasteiger partial charge on any atom is 0.119 e. The third-order valence-corrected chi connectivity index (χ3v) is 5.28. The Morgan fingerprint density at radius 2 is 0.846 bits per heavy atom. The van der Waals surface area contributed by atoms with Crippen LogP contribution in [0, 0.1) is 0 Å². The van der Waals surface area contributed by atoms with Crippen LogP contribution in [-0.2, 0) is 6.42 Å². The Hall–Kier alpha value is -1.18. The molecule has 0 aromatic heterocycles. The van der Waals surface area contributed by atoms with Crippen molar-refractivity contribution in [3.05, 3.63) is 23.8 Å². The lowest BCUT2D eigenvalue weighted by Gasteiger charge is -2.05. The van der Waals surface area contributed by atoms with Crippen LogP contribution in [0.2, 0.25) is 0 Å². The van der Waals surface area contributed by atoms with Crippen molar-refractivity contribution in [3.63, 3.8) is 0 Å². The second kappa shape index (κ2) is 16.0. The molecule has 2 nitrogen and oxygen atoms in total. The van der Waals surface area contributed by atoms with Gasteiger partial charge in [0.05, 0.1) is 0 Å². The summed E-state index contributed by atoms with van der Waals surface area (Å²) in [6, 6.07) is 4.90. The Labute approximate surface area is 162 Å². The molecule has 0 atom stereocenters. The first-order valence-corrected chi connectivity index (χ1v) is 11.2. The van der Waals surface area contributed by atoms with E-state index in [1.807, 2.05) is 0 Å². The minimum absolute atomic E-state index is 0.163. The second-order valence-corrected chi connectivity index (χ2v) is 7.91. The van der Waals surface area contributed by atoms with Crippen LogP contribution in [-0.4, -0.2) is 10.2 Å². The molecule has 0 aliphatic rings. The summed E-state index contributed by atoms with van der Waals surface area (Å²) in [6.45, 7) is 2.28. The van der Waals surface area contributed by atoms with Gasteiger partial charge in [-0.2, -0.15) is 0 Å². The third-order valence-electron chi connectivity index (χ3n) is 5.28. The molecule has 0 aliphatic heterocycles. The highest BCUT2D eigenvalue weighted by molar-refractivity contribution is 5.36. The standard InChI is InChI=1S/C24H42O2/c1-2-3-4-5-6-7-8-9-10-11-12-13-14-15-16-17-18-22-19-23(25)21-24(26)20-22/h19-21,25-26H,2-18H2,1H3. The van der Waals surface area contributed by atoms with Crippen LogP contribution in [0.5, 0.6) is 11.5 Å². The van der Waals surface area contributed by atoms with Gasteiger partial charge in [0, 0.05) is 6.07 Å². The van der Waals surface area contributed by atoms with E-state index in [4.69, 9.17) is 0 Å². The molecule has 0 bridgehead atoms. The van der Waals surface area contributed by atoms with E-state index >= 15 is 0 Å². The fourth-order valence-corrected chi connectivity index (χ4v) is 3.68. The Morgan fingerprint density at radius 1 is 0.500 bits per heavy atom. The van der Waals surface area contributed by atoms with Gasteiger partial charge < -0.3 is 10.2 Å². The average Bonchev–Trinajstić information content (AvgIpc) is 2.60. The first-order chi connectivity index (χ1) is 12.7. The van der Waals surface area contributed by atoms with Crippen molar-refractivity contribution < 1.29 is 10.2 Å². The first-order valence-electron chi connectivity index (χ1n) is 11.2. The van der Waals surface area contributed by atoms with E-state index < -0.39 is 0 Å². The number of hydrogen-bond acceptors (Lipinski definition) is 2. The van der Waals surface area contributed by atoms with E-state index in [9.17, 15) is 10.2 Å². The van der Waals surface area contributed by atoms with Crippen molar-refractivity contribution in [1.29, 1.82) is 0 Å². The lowest BCUT2D eigenvalue weighted by atomic mass is 10.0. The highest BCUT2D eigenvalue weighted by Gasteiger charge is 2.00. The van der Waals surface area contributed by atoms with Crippen LogP contribution >= 0.6 is 0 Å². The summed E-state index contributed by atoms with van der Waals surface area (Å²) in [6.07, 6.45) is 23.0. The lowest BCUT2D eigenvalue weighted by Crippen LogP contribution is -1.87. The van der Waals surface area contributed by atoms with Crippen molar-refractivity contribution in [1.82, 2.24) is 0 Å². The largest absolute Gasteiger partial charge is 0.508 e. The van der Waals surface area contributed by atoms with Crippen LogP contribution in [0.15, 0.2) is 18.2 Å². The van der Waals surface area contributed by atoms with E-state index in [2.05, 4.69) is 6.92 Å². The summed E-state index contributed by atoms with van der Waals surface area (Å²) in [7, 11) is 0. The van der Waals surface area contributed by atoms with Crippen LogP contribution in [0.4, 0.5) is 0 Å². The zero-order valence-corrected chi connectivity index (χ0v) is 17.1. The number of unbranched alkanes of at least 4 members (excludes halogenated alkanes) is 15. The number of phenolic OH excluding ortho intramolecular Hbond substituents is 2. The number of hydrogen-bond donors (Lipinski definition) is 2. The van der Waals surface area contributed by atoms with Crippen LogP contribution in [0.1, 0.15) is 115 Å². The van der Waals surface area contributed by atoms with E-state index in [-0.39, 0.29) is 11.5 Å². The molecule has 0 fully saturated rings. The van der Waals surface area contributed by atoms with Crippen molar-refractivity contribution in [2.75, 3.05) is 0 Å². The van der Waals surface area contributed by atoms with Crippen molar-refractivity contribution in [3.8, 4) is 11.5 Å². The molecule has 0 radical (unpaired) electrons. The summed E-state index contributed by atoms with van der Waals surface area (Å²) in [5.41, 5.74) is 1.04. The highest BCUT2D eigenvalue weighted by atomic mass is 16.3. The van der Waals surface area contributed by atoms with E-state index in [0.717, 1.165) is 18.4 Å². The van der Waals surface area contributed by atoms with Crippen molar-refractivity contribution >= 4 is 0 Å². The Balaban J connectivity index is 1.79. The summed E-state index contributed by atoms with van der Waals surface area (Å²) in [5.74, 6) is 0.327. The van der Waals surface area contributed by atoms with Gasteiger partial charge >= 0.3 is 0 Å². The quantitative estimate of drug-likeness (QED) is 0.276. The van der Waals surface area contributed by atoms with Gasteiger partial charge in [0.25, 0.3) is 0 Å². The van der Waals surface area contributed by atoms with Gasteiger partial charge in [0.2, 0.25) is 0 Å². The normalized spacial score (nSPS) is 11.1. The molecule has 1 aromatic rings. The van der Waals surface area contributed by atoms with Gasteiger partial charge in [-0.1, -0.05) is 103 Å². The van der Waals surface area contributed by atoms with E-state index in [1.54, 1.807) is 12.1 Å². The SMILES string of the molecule is CCCCCCCCCCCCCCCCCCc1cc(O)cc(O)c1. The highest BCUT2D eigenvalue weighted by Crippen LogP contribution is 2.22. The maximum absolute atomic E-state index is 9.47. The summed E-state index contributed by atoms with van der Waals surface area (Å²) < 4.78 is 0. The fourth-order valence-electron chi connectivity index (χ4n) is 3.68. The Morgan fingerprint density at radius 3 is 1.23 bits per heavy atom. The molecular weight excluding hydrogens is 320 g/mol. The van der Waals surface area contributed by atoms with E-state index in [0.29, 0.717) is 0 Å². The lowest BCUT2D eigenvalue weighted by molar-refractivity contribution is 0.449. The zero-order valence-electron chi connectivity index (χ0n) is 17.1. The summed E-state index contributed by atoms with van der Waals surface area (Å²) in [4.78, 5) is 0. The predicted octanol–water partition coefficient (Wildman–Crippen LogP) is 7.90. The van der Waals surface area contributed by atoms with Crippen molar-refractivity contribution in [2.24, 2.45) is 0 Å². The third kappa shape index (κ3) is 13.1. The molecule has 150 valence electrons. The van der Waals surface area contributed by atoms with Gasteiger partial charge in [-0.25, -0.2) is 0 Å². The van der Waals surface area contributed by atoms with Gasteiger partial charge in [-0.05, 0) is 30.5 Å². The molecular formula is C24H42O2. The number of aryl methyl sites for hydroxylation is 1. The van der Waals surface area contributed by atoms with Crippen LogP contribution < -0.4 is 0 Å². The topological polar surface area (TPSA) is 40.5 Å². The number of benzene rings is 1. The zero-order chi connectivity index (χ0) is 18.9. The molecule has 0 saturated carbocycles. The molecule has 0 heterocycles. The smallest absolute Gasteiger partial charge is 0.119 e. The minimum Gasteiger partial charge on any atom is -0.508 e. The molecule has 0 spiro atoms. The van der Waals surface area contributed by atoms with Gasteiger partial charge in [-0.3, -0.25) is 0 Å². The average molecular weight is 363 g/mol. The van der Waals surface area contributed by atoms with Gasteiger partial charge in [-0.15, -0.1) is 0 Å². The second-order valence-electron chi connectivity index (χ2n) is 7.91. The molecule has 2 heteroatoms. The van der Waals surface area contributed by atoms with Crippen LogP contribution in [0.3, 0.4) is 0 Å². The molecule has 0 aliphatic carbocycles. The Kier molecular flexibility index (Phi) is 14.1. The summed E-state index contributed by atoms with van der Waals surface area (Å²) >= 11 is 0. The molecule has 0 amide bonds. The first kappa shape index (κ1) is 22.9. The van der Waals surface area contributed by atoms with Gasteiger partial charge in [0.15, 0.2) is 0 Å². The van der Waals surface area contributed by atoms with Gasteiger partial charge in [0.1, 0.15) is 11.5 Å². The predicted molar refractivity (Wildman–Crippen MR) is 113 cm³/mol. The molecule has 2 N–H and O–H groups in total. The number of aromatic hydroxyl groups is 2. The minimum atomic E-state index is 0.163. The summed E-state index contributed by atoms with van der Waals surface area (Å²) in [5, 5.41) is 18.9.